The van der Waals surface area contributed by atoms with Gasteiger partial charge in [-0.3, -0.25) is 0 Å². The van der Waals surface area contributed by atoms with Crippen molar-refractivity contribution in [1.29, 1.82) is 0 Å². The lowest BCUT2D eigenvalue weighted by atomic mass is 10.2. The van der Waals surface area contributed by atoms with Crippen molar-refractivity contribution in [2.45, 2.75) is 19.8 Å². The SMILES string of the molecule is Brc1ccc(-c2nc3ccccc3[nH]2)cc1.CCCC=CO. The number of fused-ring (bicyclic) bond motifs is 1. The number of unbranched alkanes of at least 4 members (excludes halogenated alkanes) is 1. The quantitative estimate of drug-likeness (QED) is 0.576. The molecule has 114 valence electrons. The first-order valence-electron chi connectivity index (χ1n) is 7.24. The van der Waals surface area contributed by atoms with E-state index < -0.39 is 0 Å². The van der Waals surface area contributed by atoms with E-state index in [-0.39, 0.29) is 0 Å². The molecule has 2 aromatic carbocycles. The van der Waals surface area contributed by atoms with E-state index in [1.54, 1.807) is 6.08 Å². The maximum Gasteiger partial charge on any atom is 0.138 e. The number of nitrogens with one attached hydrogen (secondary N) is 1. The predicted octanol–water partition coefficient (Wildman–Crippen LogP) is 5.85. The lowest BCUT2D eigenvalue weighted by Gasteiger charge is -1.95. The average Bonchev–Trinajstić information content (AvgIpc) is 2.98. The summed E-state index contributed by atoms with van der Waals surface area (Å²) in [7, 11) is 0. The Labute approximate surface area is 138 Å². The summed E-state index contributed by atoms with van der Waals surface area (Å²) in [4.78, 5) is 7.85. The number of para-hydroxylation sites is 2. The van der Waals surface area contributed by atoms with E-state index in [1.165, 1.54) is 0 Å². The highest BCUT2D eigenvalue weighted by atomic mass is 79.9. The van der Waals surface area contributed by atoms with Crippen LogP contribution in [0.3, 0.4) is 0 Å². The molecule has 2 N–H and O–H groups in total. The largest absolute Gasteiger partial charge is 0.516 e. The third kappa shape index (κ3) is 4.46. The van der Waals surface area contributed by atoms with Gasteiger partial charge in [0, 0.05) is 10.0 Å². The molecule has 3 rings (SSSR count). The number of aliphatic hydroxyl groups excluding tert-OH is 1. The van der Waals surface area contributed by atoms with E-state index in [0.717, 1.165) is 46.0 Å². The van der Waals surface area contributed by atoms with Crippen molar-refractivity contribution >= 4 is 27.0 Å². The summed E-state index contributed by atoms with van der Waals surface area (Å²) in [5.41, 5.74) is 3.17. The van der Waals surface area contributed by atoms with Gasteiger partial charge in [-0.1, -0.05) is 59.6 Å². The molecule has 1 aromatic heterocycles. The second-order valence-electron chi connectivity index (χ2n) is 4.78. The van der Waals surface area contributed by atoms with Gasteiger partial charge in [0.05, 0.1) is 17.3 Å². The van der Waals surface area contributed by atoms with E-state index in [9.17, 15) is 0 Å². The van der Waals surface area contributed by atoms with Crippen LogP contribution in [0.25, 0.3) is 22.4 Å². The molecule has 3 aromatic rings. The fourth-order valence-corrected chi connectivity index (χ4v) is 2.20. The number of H-pyrrole nitrogens is 1. The predicted molar refractivity (Wildman–Crippen MR) is 95.9 cm³/mol. The lowest BCUT2D eigenvalue weighted by Crippen LogP contribution is -1.78. The van der Waals surface area contributed by atoms with Crippen molar-refractivity contribution in [2.24, 2.45) is 0 Å². The molecule has 0 unspecified atom stereocenters. The highest BCUT2D eigenvalue weighted by molar-refractivity contribution is 9.10. The molecular weight excluding hydrogens is 340 g/mol. The van der Waals surface area contributed by atoms with Crippen LogP contribution >= 0.6 is 15.9 Å². The molecule has 4 heteroatoms. The van der Waals surface area contributed by atoms with Crippen LogP contribution in [-0.2, 0) is 0 Å². The molecule has 0 saturated heterocycles. The molecular formula is C18H19BrN2O. The second-order valence-corrected chi connectivity index (χ2v) is 5.70. The van der Waals surface area contributed by atoms with Crippen LogP contribution < -0.4 is 0 Å². The van der Waals surface area contributed by atoms with Gasteiger partial charge in [-0.05, 0) is 30.7 Å². The van der Waals surface area contributed by atoms with Crippen LogP contribution in [0.5, 0.6) is 0 Å². The Morgan fingerprint density at radius 1 is 1.14 bits per heavy atom. The van der Waals surface area contributed by atoms with Crippen molar-refractivity contribution < 1.29 is 5.11 Å². The third-order valence-electron chi connectivity index (χ3n) is 3.07. The van der Waals surface area contributed by atoms with E-state index >= 15 is 0 Å². The molecule has 0 spiro atoms. The molecule has 0 saturated carbocycles. The molecule has 22 heavy (non-hydrogen) atoms. The molecule has 0 fully saturated rings. The van der Waals surface area contributed by atoms with Gasteiger partial charge < -0.3 is 10.1 Å². The molecule has 0 aliphatic heterocycles. The average molecular weight is 359 g/mol. The monoisotopic (exact) mass is 358 g/mol. The Balaban J connectivity index is 0.000000254. The van der Waals surface area contributed by atoms with Crippen LogP contribution in [0.15, 0.2) is 65.3 Å². The number of rotatable bonds is 3. The van der Waals surface area contributed by atoms with Crippen molar-refractivity contribution in [1.82, 2.24) is 9.97 Å². The molecule has 1 heterocycles. The number of aromatic nitrogens is 2. The van der Waals surface area contributed by atoms with Crippen LogP contribution in [0.4, 0.5) is 0 Å². The number of benzene rings is 2. The number of allylic oxidation sites excluding steroid dienone is 1. The molecule has 0 amide bonds. The first kappa shape index (κ1) is 16.3. The highest BCUT2D eigenvalue weighted by Crippen LogP contribution is 2.21. The van der Waals surface area contributed by atoms with Gasteiger partial charge in [0.25, 0.3) is 0 Å². The van der Waals surface area contributed by atoms with Gasteiger partial charge in [-0.25, -0.2) is 4.98 Å². The van der Waals surface area contributed by atoms with Crippen LogP contribution in [0.2, 0.25) is 0 Å². The summed E-state index contributed by atoms with van der Waals surface area (Å²) in [6, 6.07) is 16.2. The maximum absolute atomic E-state index is 8.02. The Morgan fingerprint density at radius 2 is 1.86 bits per heavy atom. The van der Waals surface area contributed by atoms with E-state index in [2.05, 4.69) is 32.8 Å². The number of aromatic amines is 1. The molecule has 0 atom stereocenters. The second kappa shape index (κ2) is 8.39. The van der Waals surface area contributed by atoms with Crippen molar-refractivity contribution in [3.05, 3.63) is 65.3 Å². The summed E-state index contributed by atoms with van der Waals surface area (Å²) in [5, 5.41) is 8.02. The van der Waals surface area contributed by atoms with Gasteiger partial charge >= 0.3 is 0 Å². The van der Waals surface area contributed by atoms with Crippen molar-refractivity contribution in [3.8, 4) is 11.4 Å². The maximum atomic E-state index is 8.02. The molecule has 0 radical (unpaired) electrons. The van der Waals surface area contributed by atoms with Crippen molar-refractivity contribution in [2.75, 3.05) is 0 Å². The molecule has 0 aliphatic carbocycles. The normalized spacial score (nSPS) is 10.6. The van der Waals surface area contributed by atoms with Gasteiger partial charge in [0.1, 0.15) is 5.82 Å². The first-order chi connectivity index (χ1) is 10.7. The summed E-state index contributed by atoms with van der Waals surface area (Å²) in [6.45, 7) is 2.07. The Bertz CT molecular complexity index is 699. The fourth-order valence-electron chi connectivity index (χ4n) is 1.94. The number of hydrogen-bond acceptors (Lipinski definition) is 2. The van der Waals surface area contributed by atoms with Crippen LogP contribution in [0.1, 0.15) is 19.8 Å². The summed E-state index contributed by atoms with van der Waals surface area (Å²) < 4.78 is 1.08. The van der Waals surface area contributed by atoms with Gasteiger partial charge in [0.15, 0.2) is 0 Å². The summed E-state index contributed by atoms with van der Waals surface area (Å²) in [6.07, 6.45) is 4.91. The summed E-state index contributed by atoms with van der Waals surface area (Å²) in [5.74, 6) is 0.911. The number of imidazole rings is 1. The molecule has 0 aliphatic rings. The zero-order valence-electron chi connectivity index (χ0n) is 12.5. The number of halogens is 1. The molecule has 3 nitrogen and oxygen atoms in total. The zero-order chi connectivity index (χ0) is 15.8. The minimum Gasteiger partial charge on any atom is -0.516 e. The Morgan fingerprint density at radius 3 is 2.45 bits per heavy atom. The summed E-state index contributed by atoms with van der Waals surface area (Å²) >= 11 is 3.42. The zero-order valence-corrected chi connectivity index (χ0v) is 14.0. The van der Waals surface area contributed by atoms with Gasteiger partial charge in [-0.15, -0.1) is 0 Å². The van der Waals surface area contributed by atoms with E-state index in [4.69, 9.17) is 5.11 Å². The lowest BCUT2D eigenvalue weighted by molar-refractivity contribution is 0.470. The van der Waals surface area contributed by atoms with Crippen LogP contribution in [-0.4, -0.2) is 15.1 Å². The van der Waals surface area contributed by atoms with Crippen molar-refractivity contribution in [3.63, 3.8) is 0 Å². The number of aliphatic hydroxyl groups is 1. The molecule has 0 bridgehead atoms. The van der Waals surface area contributed by atoms with Gasteiger partial charge in [0.2, 0.25) is 0 Å². The minimum absolute atomic E-state index is 0.911. The highest BCUT2D eigenvalue weighted by Gasteiger charge is 2.03. The fraction of sp³-hybridized carbons (Fsp3) is 0.167. The topological polar surface area (TPSA) is 48.9 Å². The minimum atomic E-state index is 0.911. The third-order valence-corrected chi connectivity index (χ3v) is 3.60. The van der Waals surface area contributed by atoms with E-state index in [0.29, 0.717) is 0 Å². The smallest absolute Gasteiger partial charge is 0.138 e. The Hall–Kier alpha value is -2.07. The van der Waals surface area contributed by atoms with E-state index in [1.807, 2.05) is 48.5 Å². The first-order valence-corrected chi connectivity index (χ1v) is 8.03. The van der Waals surface area contributed by atoms with Crippen LogP contribution in [0, 0.1) is 0 Å². The van der Waals surface area contributed by atoms with Gasteiger partial charge in [-0.2, -0.15) is 0 Å². The standard InChI is InChI=1S/C13H9BrN2.C5H10O/c14-10-7-5-9(6-8-10)13-15-11-3-1-2-4-12(11)16-13;1-2-3-4-5-6/h1-8H,(H,15,16);4-6H,2-3H2,1H3. The Kier molecular flexibility index (Phi) is 6.22. The number of nitrogens with zero attached hydrogens (tertiary/aromatic N) is 1. The number of hydrogen-bond donors (Lipinski definition) is 2.